The Balaban J connectivity index is 3.03. The molecule has 16 heavy (non-hydrogen) atoms. The largest absolute Gasteiger partial charge is 0.490 e. The first-order chi connectivity index (χ1) is 7.72. The predicted octanol–water partition coefficient (Wildman–Crippen LogP) is 3.08. The van der Waals surface area contributed by atoms with Gasteiger partial charge < -0.3 is 9.47 Å². The Bertz CT molecular complexity index is 347. The zero-order valence-electron chi connectivity index (χ0n) is 10.0. The van der Waals surface area contributed by atoms with Crippen molar-refractivity contribution in [1.29, 1.82) is 0 Å². The topological polar surface area (TPSA) is 35.5 Å². The molecule has 0 N–H and O–H groups in total. The molecule has 3 heteroatoms. The number of carbonyl (C=O) groups is 1. The quantitative estimate of drug-likeness (QED) is 0.694. The summed E-state index contributed by atoms with van der Waals surface area (Å²) >= 11 is 0. The van der Waals surface area contributed by atoms with Crippen LogP contribution in [0.2, 0.25) is 0 Å². The van der Waals surface area contributed by atoms with Crippen LogP contribution < -0.4 is 9.47 Å². The van der Waals surface area contributed by atoms with Crippen LogP contribution in [0.15, 0.2) is 18.2 Å². The average Bonchev–Trinajstić information content (AvgIpc) is 2.31. The minimum atomic E-state index is 0.0697. The second-order valence-corrected chi connectivity index (χ2v) is 3.56. The van der Waals surface area contributed by atoms with Gasteiger partial charge in [-0.25, -0.2) is 0 Å². The third-order valence-corrected chi connectivity index (χ3v) is 2.33. The van der Waals surface area contributed by atoms with Crippen molar-refractivity contribution in [3.8, 4) is 11.5 Å². The number of aldehydes is 1. The first-order valence-electron chi connectivity index (χ1n) is 5.60. The van der Waals surface area contributed by atoms with E-state index < -0.39 is 0 Å². The molecule has 3 nitrogen and oxygen atoms in total. The molecular weight excluding hydrogens is 204 g/mol. The van der Waals surface area contributed by atoms with E-state index in [1.54, 1.807) is 12.1 Å². The molecule has 1 atom stereocenters. The molecule has 0 aromatic heterocycles. The monoisotopic (exact) mass is 222 g/mol. The van der Waals surface area contributed by atoms with E-state index in [-0.39, 0.29) is 6.10 Å². The maximum absolute atomic E-state index is 10.9. The molecular formula is C13H18O3. The Kier molecular flexibility index (Phi) is 4.83. The molecule has 0 fully saturated rings. The van der Waals surface area contributed by atoms with E-state index in [1.807, 2.05) is 26.8 Å². The highest BCUT2D eigenvalue weighted by atomic mass is 16.5. The lowest BCUT2D eigenvalue weighted by Gasteiger charge is -2.17. The van der Waals surface area contributed by atoms with Crippen molar-refractivity contribution >= 4 is 6.29 Å². The minimum Gasteiger partial charge on any atom is -0.490 e. The van der Waals surface area contributed by atoms with Crippen molar-refractivity contribution < 1.29 is 14.3 Å². The van der Waals surface area contributed by atoms with Gasteiger partial charge in [0.2, 0.25) is 0 Å². The van der Waals surface area contributed by atoms with E-state index in [2.05, 4.69) is 0 Å². The van der Waals surface area contributed by atoms with Gasteiger partial charge >= 0.3 is 0 Å². The van der Waals surface area contributed by atoms with Gasteiger partial charge in [0.15, 0.2) is 17.8 Å². The fraction of sp³-hybridized carbons (Fsp3) is 0.462. The second kappa shape index (κ2) is 6.16. The molecule has 0 saturated heterocycles. The highest BCUT2D eigenvalue weighted by Crippen LogP contribution is 2.31. The predicted molar refractivity (Wildman–Crippen MR) is 63.4 cm³/mol. The fourth-order valence-corrected chi connectivity index (χ4v) is 1.31. The number of para-hydroxylation sites is 1. The van der Waals surface area contributed by atoms with Crippen LogP contribution in [0.4, 0.5) is 0 Å². The lowest BCUT2D eigenvalue weighted by atomic mass is 10.2. The van der Waals surface area contributed by atoms with Gasteiger partial charge in [-0.15, -0.1) is 0 Å². The molecule has 0 spiro atoms. The Morgan fingerprint density at radius 2 is 2.12 bits per heavy atom. The fourth-order valence-electron chi connectivity index (χ4n) is 1.31. The summed E-state index contributed by atoms with van der Waals surface area (Å²) in [5.41, 5.74) is 0.534. The molecule has 0 radical (unpaired) electrons. The van der Waals surface area contributed by atoms with E-state index in [4.69, 9.17) is 9.47 Å². The Morgan fingerprint density at radius 1 is 1.38 bits per heavy atom. The summed E-state index contributed by atoms with van der Waals surface area (Å²) in [5, 5.41) is 0. The van der Waals surface area contributed by atoms with Gasteiger partial charge in [0, 0.05) is 0 Å². The molecule has 1 rings (SSSR count). The Morgan fingerprint density at radius 3 is 2.69 bits per heavy atom. The molecule has 0 aliphatic heterocycles. The number of ether oxygens (including phenoxy) is 2. The van der Waals surface area contributed by atoms with E-state index in [1.165, 1.54) is 0 Å². The molecule has 1 aromatic carbocycles. The zero-order valence-corrected chi connectivity index (χ0v) is 10.0. The lowest BCUT2D eigenvalue weighted by Crippen LogP contribution is -2.12. The van der Waals surface area contributed by atoms with Crippen molar-refractivity contribution in [2.45, 2.75) is 33.3 Å². The van der Waals surface area contributed by atoms with Gasteiger partial charge in [-0.1, -0.05) is 13.0 Å². The highest BCUT2D eigenvalue weighted by Gasteiger charge is 2.12. The molecule has 0 aliphatic carbocycles. The van der Waals surface area contributed by atoms with Gasteiger partial charge in [0.25, 0.3) is 0 Å². The van der Waals surface area contributed by atoms with Crippen LogP contribution in [-0.2, 0) is 0 Å². The third-order valence-electron chi connectivity index (χ3n) is 2.33. The Labute approximate surface area is 96.4 Å². The summed E-state index contributed by atoms with van der Waals surface area (Å²) in [6.07, 6.45) is 1.75. The van der Waals surface area contributed by atoms with Crippen LogP contribution in [0.25, 0.3) is 0 Å². The second-order valence-electron chi connectivity index (χ2n) is 3.56. The van der Waals surface area contributed by atoms with Gasteiger partial charge in [-0.2, -0.15) is 0 Å². The number of carbonyl (C=O) groups excluding carboxylic acids is 1. The molecule has 1 aromatic rings. The number of rotatable bonds is 6. The van der Waals surface area contributed by atoms with Crippen molar-refractivity contribution in [3.05, 3.63) is 23.8 Å². The third kappa shape index (κ3) is 2.99. The van der Waals surface area contributed by atoms with E-state index in [9.17, 15) is 4.79 Å². The maximum Gasteiger partial charge on any atom is 0.172 e. The van der Waals surface area contributed by atoms with Gasteiger partial charge in [0.1, 0.15) is 0 Å². The van der Waals surface area contributed by atoms with Gasteiger partial charge in [-0.05, 0) is 32.4 Å². The smallest absolute Gasteiger partial charge is 0.172 e. The van der Waals surface area contributed by atoms with Crippen molar-refractivity contribution in [2.75, 3.05) is 6.61 Å². The van der Waals surface area contributed by atoms with Crippen LogP contribution in [-0.4, -0.2) is 19.0 Å². The molecule has 0 saturated carbocycles. The molecule has 0 heterocycles. The highest BCUT2D eigenvalue weighted by molar-refractivity contribution is 5.81. The molecule has 1 unspecified atom stereocenters. The van der Waals surface area contributed by atoms with Crippen molar-refractivity contribution in [3.63, 3.8) is 0 Å². The summed E-state index contributed by atoms with van der Waals surface area (Å²) < 4.78 is 11.2. The standard InChI is InChI=1S/C13H18O3/c1-4-10(3)16-13-11(9-14)7-6-8-12(13)15-5-2/h6-10H,4-5H2,1-3H3. The van der Waals surface area contributed by atoms with E-state index >= 15 is 0 Å². The van der Waals surface area contributed by atoms with E-state index in [0.29, 0.717) is 23.7 Å². The average molecular weight is 222 g/mol. The molecule has 0 aliphatic rings. The molecule has 0 bridgehead atoms. The van der Waals surface area contributed by atoms with E-state index in [0.717, 1.165) is 12.7 Å². The summed E-state index contributed by atoms with van der Waals surface area (Å²) in [4.78, 5) is 10.9. The Hall–Kier alpha value is -1.51. The van der Waals surface area contributed by atoms with Crippen LogP contribution >= 0.6 is 0 Å². The first-order valence-corrected chi connectivity index (χ1v) is 5.60. The number of hydrogen-bond donors (Lipinski definition) is 0. The molecule has 88 valence electrons. The first kappa shape index (κ1) is 12.6. The number of benzene rings is 1. The summed E-state index contributed by atoms with van der Waals surface area (Å²) in [6.45, 7) is 6.46. The zero-order chi connectivity index (χ0) is 12.0. The van der Waals surface area contributed by atoms with Crippen LogP contribution in [0, 0.1) is 0 Å². The lowest BCUT2D eigenvalue weighted by molar-refractivity contribution is 0.111. The summed E-state index contributed by atoms with van der Waals surface area (Å²) in [5.74, 6) is 1.18. The summed E-state index contributed by atoms with van der Waals surface area (Å²) in [7, 11) is 0. The van der Waals surface area contributed by atoms with Crippen LogP contribution in [0.5, 0.6) is 11.5 Å². The normalized spacial score (nSPS) is 11.9. The van der Waals surface area contributed by atoms with Crippen LogP contribution in [0.1, 0.15) is 37.6 Å². The minimum absolute atomic E-state index is 0.0697. The molecule has 0 amide bonds. The van der Waals surface area contributed by atoms with Crippen LogP contribution in [0.3, 0.4) is 0 Å². The van der Waals surface area contributed by atoms with Crippen molar-refractivity contribution in [2.24, 2.45) is 0 Å². The SMILES string of the molecule is CCOc1cccc(C=O)c1OC(C)CC. The summed E-state index contributed by atoms with van der Waals surface area (Å²) in [6, 6.07) is 5.33. The maximum atomic E-state index is 10.9. The van der Waals surface area contributed by atoms with Gasteiger partial charge in [0.05, 0.1) is 18.3 Å². The van der Waals surface area contributed by atoms with Gasteiger partial charge in [-0.3, -0.25) is 4.79 Å². The van der Waals surface area contributed by atoms with Crippen molar-refractivity contribution in [1.82, 2.24) is 0 Å². The number of hydrogen-bond acceptors (Lipinski definition) is 3.